The molecule has 0 bridgehead atoms. The Morgan fingerprint density at radius 3 is 2.25 bits per heavy atom. The van der Waals surface area contributed by atoms with Crippen LogP contribution < -0.4 is 0 Å². The molecule has 1 atom stereocenters. The summed E-state index contributed by atoms with van der Waals surface area (Å²) < 4.78 is 0. The summed E-state index contributed by atoms with van der Waals surface area (Å²) in [4.78, 5) is 0. The van der Waals surface area contributed by atoms with Crippen LogP contribution in [0, 0.1) is 6.92 Å². The van der Waals surface area contributed by atoms with Crippen LogP contribution in [0.4, 0.5) is 0 Å². The number of unbranched alkanes of at least 4 members (excludes halogenated alkanes) is 1. The molecule has 0 saturated carbocycles. The van der Waals surface area contributed by atoms with Gasteiger partial charge in [0.15, 0.2) is 0 Å². The fourth-order valence-electron chi connectivity index (χ4n) is 0.558. The van der Waals surface area contributed by atoms with Crippen LogP contribution in [0.2, 0.25) is 0 Å². The van der Waals surface area contributed by atoms with E-state index in [1.807, 2.05) is 0 Å². The lowest BCUT2D eigenvalue weighted by molar-refractivity contribution is 0.0962. The summed E-state index contributed by atoms with van der Waals surface area (Å²) in [7, 11) is 0. The third-order valence-corrected chi connectivity index (χ3v) is 1.07. The Balaban J connectivity index is 3.11. The van der Waals surface area contributed by atoms with E-state index < -0.39 is 5.60 Å². The molecule has 0 saturated heterocycles. The van der Waals surface area contributed by atoms with E-state index in [9.17, 15) is 0 Å². The summed E-state index contributed by atoms with van der Waals surface area (Å²) in [6.45, 7) is 7.41. The Morgan fingerprint density at radius 1 is 1.62 bits per heavy atom. The first-order valence-electron chi connectivity index (χ1n) is 3.14. The van der Waals surface area contributed by atoms with Crippen molar-refractivity contribution >= 4 is 0 Å². The molecule has 0 rings (SSSR count). The van der Waals surface area contributed by atoms with Gasteiger partial charge in [-0.2, -0.15) is 0 Å². The molecule has 0 aromatic rings. The second-order valence-electron chi connectivity index (χ2n) is 2.60. The Bertz CT molecular complexity index is 51.9. The smallest absolute Gasteiger partial charge is 0.0620 e. The van der Waals surface area contributed by atoms with Crippen LogP contribution in [0.1, 0.15) is 33.1 Å². The van der Waals surface area contributed by atoms with Gasteiger partial charge in [-0.15, -0.1) is 0 Å². The lowest BCUT2D eigenvalue weighted by atomic mass is 10.0. The van der Waals surface area contributed by atoms with E-state index >= 15 is 0 Å². The summed E-state index contributed by atoms with van der Waals surface area (Å²) in [5.41, 5.74) is -0.698. The van der Waals surface area contributed by atoms with Crippen molar-refractivity contribution in [1.82, 2.24) is 0 Å². The van der Waals surface area contributed by atoms with Gasteiger partial charge < -0.3 is 5.11 Å². The van der Waals surface area contributed by atoms with E-state index in [1.54, 1.807) is 6.92 Å². The van der Waals surface area contributed by atoms with E-state index in [0.717, 1.165) is 19.3 Å². The Kier molecular flexibility index (Phi) is 3.06. The molecule has 0 spiro atoms. The fraction of sp³-hybridized carbons (Fsp3) is 0.857. The van der Waals surface area contributed by atoms with Crippen molar-refractivity contribution in [3.05, 3.63) is 6.92 Å². The van der Waals surface area contributed by atoms with Crippen molar-refractivity contribution in [2.24, 2.45) is 0 Å². The first kappa shape index (κ1) is 7.96. The predicted octanol–water partition coefficient (Wildman–Crippen LogP) is 1.76. The summed E-state index contributed by atoms with van der Waals surface area (Å²) >= 11 is 0. The summed E-state index contributed by atoms with van der Waals surface area (Å²) in [5.74, 6) is 0. The molecule has 0 aromatic carbocycles. The zero-order valence-corrected chi connectivity index (χ0v) is 5.78. The van der Waals surface area contributed by atoms with E-state index in [4.69, 9.17) is 5.11 Å². The lowest BCUT2D eigenvalue weighted by Gasteiger charge is -2.14. The average Bonchev–Trinajstić information content (AvgIpc) is 1.59. The van der Waals surface area contributed by atoms with E-state index in [-0.39, 0.29) is 0 Å². The molecule has 0 aromatic heterocycles. The number of hydrogen-bond donors (Lipinski definition) is 1. The monoisotopic (exact) mass is 115 g/mol. The molecule has 0 amide bonds. The molecule has 0 fully saturated rings. The maximum Gasteiger partial charge on any atom is 0.0620 e. The highest BCUT2D eigenvalue weighted by molar-refractivity contribution is 4.73. The molecule has 8 heavy (non-hydrogen) atoms. The molecule has 0 heterocycles. The predicted molar refractivity (Wildman–Crippen MR) is 35.5 cm³/mol. The zero-order valence-electron chi connectivity index (χ0n) is 5.78. The molecule has 1 radical (unpaired) electrons. The van der Waals surface area contributed by atoms with Gasteiger partial charge in [0, 0.05) is 0 Å². The first-order chi connectivity index (χ1) is 3.56. The van der Waals surface area contributed by atoms with Gasteiger partial charge in [-0.3, -0.25) is 0 Å². The molecule has 0 aliphatic rings. The van der Waals surface area contributed by atoms with E-state index in [2.05, 4.69) is 13.8 Å². The summed E-state index contributed by atoms with van der Waals surface area (Å²) in [5, 5.41) is 9.04. The highest BCUT2D eigenvalue weighted by atomic mass is 16.3. The molecule has 49 valence electrons. The maximum absolute atomic E-state index is 9.04. The zero-order chi connectivity index (χ0) is 6.62. The van der Waals surface area contributed by atoms with Crippen molar-refractivity contribution < 1.29 is 5.11 Å². The van der Waals surface area contributed by atoms with E-state index in [0.29, 0.717) is 0 Å². The van der Waals surface area contributed by atoms with Gasteiger partial charge in [0.2, 0.25) is 0 Å². The largest absolute Gasteiger partial charge is 0.390 e. The van der Waals surface area contributed by atoms with Gasteiger partial charge in [0.05, 0.1) is 5.60 Å². The lowest BCUT2D eigenvalue weighted by Crippen LogP contribution is -2.18. The van der Waals surface area contributed by atoms with Crippen LogP contribution >= 0.6 is 0 Å². The normalized spacial score (nSPS) is 12.0. The minimum absolute atomic E-state index is 0.698. The molecule has 1 unspecified atom stereocenters. The first-order valence-corrected chi connectivity index (χ1v) is 3.14. The fourth-order valence-corrected chi connectivity index (χ4v) is 0.558. The highest BCUT2D eigenvalue weighted by Gasteiger charge is 2.09. The Hall–Kier alpha value is -0.0400. The molecule has 1 N–H and O–H groups in total. The highest BCUT2D eigenvalue weighted by Crippen LogP contribution is 2.10. The summed E-state index contributed by atoms with van der Waals surface area (Å²) in [6.07, 6.45) is 3.01. The van der Waals surface area contributed by atoms with Crippen LogP contribution in [-0.2, 0) is 0 Å². The molecule has 1 heteroatoms. The third kappa shape index (κ3) is 5.96. The SMILES string of the molecule is [CH2]C(C)(O)CCCC. The van der Waals surface area contributed by atoms with Crippen LogP contribution in [0.5, 0.6) is 0 Å². The van der Waals surface area contributed by atoms with Gasteiger partial charge in [-0.1, -0.05) is 19.8 Å². The van der Waals surface area contributed by atoms with Crippen molar-refractivity contribution in [3.63, 3.8) is 0 Å². The minimum atomic E-state index is -0.698. The number of aliphatic hydroxyl groups is 1. The minimum Gasteiger partial charge on any atom is -0.390 e. The van der Waals surface area contributed by atoms with Gasteiger partial charge >= 0.3 is 0 Å². The average molecular weight is 115 g/mol. The van der Waals surface area contributed by atoms with Gasteiger partial charge in [0.25, 0.3) is 0 Å². The van der Waals surface area contributed by atoms with Crippen molar-refractivity contribution in [1.29, 1.82) is 0 Å². The Morgan fingerprint density at radius 2 is 2.12 bits per heavy atom. The summed E-state index contributed by atoms with van der Waals surface area (Å²) in [6, 6.07) is 0. The van der Waals surface area contributed by atoms with Gasteiger partial charge in [0.1, 0.15) is 0 Å². The molecule has 1 nitrogen and oxygen atoms in total. The second kappa shape index (κ2) is 3.08. The van der Waals surface area contributed by atoms with Crippen LogP contribution in [0.3, 0.4) is 0 Å². The third-order valence-electron chi connectivity index (χ3n) is 1.07. The van der Waals surface area contributed by atoms with Crippen molar-refractivity contribution in [2.75, 3.05) is 0 Å². The maximum atomic E-state index is 9.04. The standard InChI is InChI=1S/C7H15O/c1-4-5-6-7(2,3)8/h8H,2,4-6H2,1,3H3. The van der Waals surface area contributed by atoms with Crippen LogP contribution in [0.25, 0.3) is 0 Å². The number of rotatable bonds is 3. The molecular weight excluding hydrogens is 100 g/mol. The van der Waals surface area contributed by atoms with Crippen LogP contribution in [-0.4, -0.2) is 10.7 Å². The molecule has 0 aliphatic heterocycles. The quantitative estimate of drug-likeness (QED) is 0.594. The van der Waals surface area contributed by atoms with Crippen molar-refractivity contribution in [3.8, 4) is 0 Å². The second-order valence-corrected chi connectivity index (χ2v) is 2.60. The van der Waals surface area contributed by atoms with Crippen LogP contribution in [0.15, 0.2) is 0 Å². The van der Waals surface area contributed by atoms with Crippen molar-refractivity contribution in [2.45, 2.75) is 38.7 Å². The molecular formula is C7H15O. The van der Waals surface area contributed by atoms with Gasteiger partial charge in [-0.25, -0.2) is 0 Å². The topological polar surface area (TPSA) is 20.2 Å². The van der Waals surface area contributed by atoms with Gasteiger partial charge in [-0.05, 0) is 20.3 Å². The Labute approximate surface area is 51.7 Å². The van der Waals surface area contributed by atoms with E-state index in [1.165, 1.54) is 0 Å². The number of hydrogen-bond acceptors (Lipinski definition) is 1. The molecule has 0 aliphatic carbocycles.